The first kappa shape index (κ1) is 12.7. The van der Waals surface area contributed by atoms with E-state index in [-0.39, 0.29) is 5.41 Å². The molecule has 0 amide bonds. The topological polar surface area (TPSA) is 54.3 Å². The molecule has 0 saturated carbocycles. The van der Waals surface area contributed by atoms with Crippen LogP contribution in [0.4, 0.5) is 0 Å². The fourth-order valence-electron chi connectivity index (χ4n) is 1.76. The standard InChI is InChI=1S/C14H18N2O2/c1-14(2,9-15)10-16-8-11-3-4-12-13(7-11)18-6-5-17-12/h3-4,7,16H,5-6,8,10H2,1-2H3. The number of hydrogen-bond acceptors (Lipinski definition) is 4. The van der Waals surface area contributed by atoms with E-state index in [1.54, 1.807) is 0 Å². The number of nitrogens with zero attached hydrogens (tertiary/aromatic N) is 1. The summed E-state index contributed by atoms with van der Waals surface area (Å²) in [6.07, 6.45) is 0. The third-order valence-corrected chi connectivity index (χ3v) is 2.81. The van der Waals surface area contributed by atoms with Gasteiger partial charge in [0.1, 0.15) is 13.2 Å². The largest absolute Gasteiger partial charge is 0.486 e. The lowest BCUT2D eigenvalue weighted by molar-refractivity contribution is 0.171. The first-order chi connectivity index (χ1) is 8.61. The molecule has 4 heteroatoms. The fraction of sp³-hybridized carbons (Fsp3) is 0.500. The minimum atomic E-state index is -0.339. The van der Waals surface area contributed by atoms with Crippen LogP contribution in [0.25, 0.3) is 0 Å². The van der Waals surface area contributed by atoms with Gasteiger partial charge < -0.3 is 14.8 Å². The molecule has 0 unspecified atom stereocenters. The van der Waals surface area contributed by atoms with Gasteiger partial charge in [-0.05, 0) is 31.5 Å². The van der Waals surface area contributed by atoms with Crippen molar-refractivity contribution in [1.82, 2.24) is 5.32 Å². The van der Waals surface area contributed by atoms with Crippen LogP contribution in [-0.2, 0) is 6.54 Å². The lowest BCUT2D eigenvalue weighted by atomic mass is 9.96. The smallest absolute Gasteiger partial charge is 0.161 e. The summed E-state index contributed by atoms with van der Waals surface area (Å²) in [6.45, 7) is 6.44. The molecular formula is C14H18N2O2. The highest BCUT2D eigenvalue weighted by Crippen LogP contribution is 2.30. The molecule has 1 heterocycles. The molecular weight excluding hydrogens is 228 g/mol. The quantitative estimate of drug-likeness (QED) is 0.884. The average molecular weight is 246 g/mol. The van der Waals surface area contributed by atoms with Crippen molar-refractivity contribution in [3.05, 3.63) is 23.8 Å². The Hall–Kier alpha value is -1.73. The predicted molar refractivity (Wildman–Crippen MR) is 68.5 cm³/mol. The maximum Gasteiger partial charge on any atom is 0.161 e. The molecule has 0 radical (unpaired) electrons. The number of rotatable bonds is 4. The van der Waals surface area contributed by atoms with Crippen molar-refractivity contribution in [2.45, 2.75) is 20.4 Å². The number of fused-ring (bicyclic) bond motifs is 1. The van der Waals surface area contributed by atoms with Gasteiger partial charge in [0, 0.05) is 13.1 Å². The zero-order valence-corrected chi connectivity index (χ0v) is 10.8. The van der Waals surface area contributed by atoms with Crippen LogP contribution in [0.1, 0.15) is 19.4 Å². The van der Waals surface area contributed by atoms with Gasteiger partial charge in [-0.3, -0.25) is 0 Å². The number of nitriles is 1. The van der Waals surface area contributed by atoms with Crippen LogP contribution in [0.3, 0.4) is 0 Å². The first-order valence-corrected chi connectivity index (χ1v) is 6.11. The Morgan fingerprint density at radius 1 is 1.28 bits per heavy atom. The average Bonchev–Trinajstić information content (AvgIpc) is 2.38. The third-order valence-electron chi connectivity index (χ3n) is 2.81. The Labute approximate surface area is 108 Å². The van der Waals surface area contributed by atoms with Crippen molar-refractivity contribution in [3.63, 3.8) is 0 Å². The summed E-state index contributed by atoms with van der Waals surface area (Å²) >= 11 is 0. The van der Waals surface area contributed by atoms with E-state index in [0.29, 0.717) is 19.8 Å². The molecule has 0 aliphatic carbocycles. The van der Waals surface area contributed by atoms with E-state index in [0.717, 1.165) is 23.6 Å². The Morgan fingerprint density at radius 3 is 2.72 bits per heavy atom. The molecule has 1 N–H and O–H groups in total. The SMILES string of the molecule is CC(C)(C#N)CNCc1ccc2c(c1)OCCO2. The van der Waals surface area contributed by atoms with Crippen molar-refractivity contribution in [2.75, 3.05) is 19.8 Å². The van der Waals surface area contributed by atoms with E-state index in [1.807, 2.05) is 32.0 Å². The molecule has 0 spiro atoms. The van der Waals surface area contributed by atoms with Gasteiger partial charge >= 0.3 is 0 Å². The van der Waals surface area contributed by atoms with Gasteiger partial charge in [0.05, 0.1) is 11.5 Å². The maximum absolute atomic E-state index is 8.92. The molecule has 18 heavy (non-hydrogen) atoms. The van der Waals surface area contributed by atoms with E-state index in [4.69, 9.17) is 14.7 Å². The summed E-state index contributed by atoms with van der Waals surface area (Å²) < 4.78 is 11.0. The Morgan fingerprint density at radius 2 is 2.00 bits per heavy atom. The van der Waals surface area contributed by atoms with Crippen LogP contribution in [-0.4, -0.2) is 19.8 Å². The molecule has 0 aromatic heterocycles. The van der Waals surface area contributed by atoms with E-state index >= 15 is 0 Å². The van der Waals surface area contributed by atoms with Crippen molar-refractivity contribution in [3.8, 4) is 17.6 Å². The molecule has 0 saturated heterocycles. The molecule has 0 atom stereocenters. The molecule has 1 aromatic rings. The van der Waals surface area contributed by atoms with Crippen molar-refractivity contribution >= 4 is 0 Å². The van der Waals surface area contributed by atoms with E-state index < -0.39 is 0 Å². The van der Waals surface area contributed by atoms with Crippen LogP contribution in [0.2, 0.25) is 0 Å². The third kappa shape index (κ3) is 3.14. The van der Waals surface area contributed by atoms with E-state index in [2.05, 4.69) is 11.4 Å². The van der Waals surface area contributed by atoms with Crippen molar-refractivity contribution in [2.24, 2.45) is 5.41 Å². The van der Waals surface area contributed by atoms with Gasteiger partial charge in [-0.25, -0.2) is 0 Å². The van der Waals surface area contributed by atoms with E-state index in [9.17, 15) is 0 Å². The summed E-state index contributed by atoms with van der Waals surface area (Å²) in [5, 5.41) is 12.2. The van der Waals surface area contributed by atoms with Crippen LogP contribution < -0.4 is 14.8 Å². The number of nitrogens with one attached hydrogen (secondary N) is 1. The maximum atomic E-state index is 8.92. The van der Waals surface area contributed by atoms with Crippen molar-refractivity contribution < 1.29 is 9.47 Å². The van der Waals surface area contributed by atoms with Crippen LogP contribution in [0, 0.1) is 16.7 Å². The summed E-state index contributed by atoms with van der Waals surface area (Å²) in [7, 11) is 0. The zero-order valence-electron chi connectivity index (χ0n) is 10.8. The van der Waals surface area contributed by atoms with E-state index in [1.165, 1.54) is 0 Å². The number of benzene rings is 1. The highest BCUT2D eigenvalue weighted by atomic mass is 16.6. The molecule has 1 aliphatic heterocycles. The van der Waals surface area contributed by atoms with Gasteiger partial charge in [0.15, 0.2) is 11.5 Å². The summed E-state index contributed by atoms with van der Waals surface area (Å²) in [4.78, 5) is 0. The molecule has 0 fully saturated rings. The lowest BCUT2D eigenvalue weighted by Crippen LogP contribution is -2.27. The monoisotopic (exact) mass is 246 g/mol. The Kier molecular flexibility index (Phi) is 3.73. The van der Waals surface area contributed by atoms with Crippen LogP contribution in [0.15, 0.2) is 18.2 Å². The van der Waals surface area contributed by atoms with Gasteiger partial charge in [-0.15, -0.1) is 0 Å². The highest BCUT2D eigenvalue weighted by molar-refractivity contribution is 5.43. The second-order valence-electron chi connectivity index (χ2n) is 5.08. The van der Waals surface area contributed by atoms with Crippen LogP contribution >= 0.6 is 0 Å². The number of ether oxygens (including phenoxy) is 2. The normalized spacial score (nSPS) is 14.1. The van der Waals surface area contributed by atoms with Crippen molar-refractivity contribution in [1.29, 1.82) is 5.26 Å². The summed E-state index contributed by atoms with van der Waals surface area (Å²) in [6, 6.07) is 8.20. The lowest BCUT2D eigenvalue weighted by Gasteiger charge is -2.19. The van der Waals surface area contributed by atoms with Gasteiger partial charge in [0.25, 0.3) is 0 Å². The summed E-state index contributed by atoms with van der Waals surface area (Å²) in [5.41, 5.74) is 0.793. The predicted octanol–water partition coefficient (Wildman–Crippen LogP) is 2.10. The van der Waals surface area contributed by atoms with Crippen LogP contribution in [0.5, 0.6) is 11.5 Å². The second-order valence-corrected chi connectivity index (χ2v) is 5.08. The molecule has 0 bridgehead atoms. The minimum absolute atomic E-state index is 0.339. The Bertz CT molecular complexity index is 463. The molecule has 1 aliphatic rings. The Balaban J connectivity index is 1.93. The minimum Gasteiger partial charge on any atom is -0.486 e. The van der Waals surface area contributed by atoms with Gasteiger partial charge in [-0.2, -0.15) is 5.26 Å². The molecule has 4 nitrogen and oxygen atoms in total. The zero-order chi connectivity index (χ0) is 13.0. The highest BCUT2D eigenvalue weighted by Gasteiger charge is 2.16. The number of hydrogen-bond donors (Lipinski definition) is 1. The molecule has 2 rings (SSSR count). The summed E-state index contributed by atoms with van der Waals surface area (Å²) in [5.74, 6) is 1.61. The first-order valence-electron chi connectivity index (χ1n) is 6.11. The fourth-order valence-corrected chi connectivity index (χ4v) is 1.76. The van der Waals surface area contributed by atoms with Gasteiger partial charge in [-0.1, -0.05) is 6.07 Å². The molecule has 96 valence electrons. The van der Waals surface area contributed by atoms with Gasteiger partial charge in [0.2, 0.25) is 0 Å². The molecule has 1 aromatic carbocycles. The second kappa shape index (κ2) is 5.28.